The van der Waals surface area contributed by atoms with Gasteiger partial charge in [-0.2, -0.15) is 0 Å². The van der Waals surface area contributed by atoms with Crippen LogP contribution in [-0.2, 0) is 0 Å². The van der Waals surface area contributed by atoms with E-state index in [-0.39, 0.29) is 5.91 Å². The van der Waals surface area contributed by atoms with E-state index in [1.807, 2.05) is 25.1 Å². The standard InChI is InChI=1S/C17H24N6O2/c1-21(2)6-5-18-15-12-16(20-13-19-15)22-7-9-23(10-8-22)17(24)14-4-3-11-25-14/h3-4,11-13H,5-10H2,1-2H3,(H,18,19,20). The minimum Gasteiger partial charge on any atom is -0.459 e. The molecule has 2 aromatic rings. The van der Waals surface area contributed by atoms with Crippen LogP contribution in [0.2, 0.25) is 0 Å². The number of hydrogen-bond donors (Lipinski definition) is 1. The van der Waals surface area contributed by atoms with Crippen LogP contribution in [-0.4, -0.2) is 79.0 Å². The van der Waals surface area contributed by atoms with E-state index >= 15 is 0 Å². The van der Waals surface area contributed by atoms with Crippen LogP contribution in [0.15, 0.2) is 35.2 Å². The van der Waals surface area contributed by atoms with E-state index in [0.29, 0.717) is 18.8 Å². The summed E-state index contributed by atoms with van der Waals surface area (Å²) in [7, 11) is 4.08. The average molecular weight is 344 g/mol. The van der Waals surface area contributed by atoms with E-state index < -0.39 is 0 Å². The Morgan fingerprint density at radius 3 is 2.76 bits per heavy atom. The molecule has 1 aliphatic heterocycles. The van der Waals surface area contributed by atoms with Crippen LogP contribution in [0.25, 0.3) is 0 Å². The summed E-state index contributed by atoms with van der Waals surface area (Å²) in [4.78, 5) is 27.0. The highest BCUT2D eigenvalue weighted by Crippen LogP contribution is 2.17. The third-order valence-corrected chi connectivity index (χ3v) is 4.14. The molecule has 3 heterocycles. The molecule has 8 nitrogen and oxygen atoms in total. The maximum atomic E-state index is 12.3. The molecule has 0 aliphatic carbocycles. The van der Waals surface area contributed by atoms with Gasteiger partial charge in [0.15, 0.2) is 5.76 Å². The fourth-order valence-corrected chi connectivity index (χ4v) is 2.72. The first-order valence-corrected chi connectivity index (χ1v) is 8.42. The van der Waals surface area contributed by atoms with Gasteiger partial charge in [0.05, 0.1) is 6.26 Å². The van der Waals surface area contributed by atoms with Crippen LogP contribution >= 0.6 is 0 Å². The van der Waals surface area contributed by atoms with Crippen LogP contribution in [0.1, 0.15) is 10.6 Å². The van der Waals surface area contributed by atoms with E-state index in [9.17, 15) is 4.79 Å². The Labute approximate surface area is 147 Å². The number of nitrogens with zero attached hydrogens (tertiary/aromatic N) is 5. The normalized spacial score (nSPS) is 14.8. The van der Waals surface area contributed by atoms with Gasteiger partial charge in [-0.25, -0.2) is 9.97 Å². The molecule has 0 aromatic carbocycles. The van der Waals surface area contributed by atoms with Crippen LogP contribution < -0.4 is 10.2 Å². The second-order valence-corrected chi connectivity index (χ2v) is 6.25. The molecule has 1 aliphatic rings. The first-order chi connectivity index (χ1) is 12.1. The topological polar surface area (TPSA) is 77.7 Å². The van der Waals surface area contributed by atoms with Crippen molar-refractivity contribution in [2.45, 2.75) is 0 Å². The average Bonchev–Trinajstić information content (AvgIpc) is 3.16. The van der Waals surface area contributed by atoms with E-state index in [1.165, 1.54) is 6.26 Å². The lowest BCUT2D eigenvalue weighted by Crippen LogP contribution is -2.49. The Balaban J connectivity index is 1.55. The third-order valence-electron chi connectivity index (χ3n) is 4.14. The van der Waals surface area contributed by atoms with E-state index in [2.05, 4.69) is 25.1 Å². The number of hydrogen-bond acceptors (Lipinski definition) is 7. The Bertz CT molecular complexity index is 680. The molecule has 1 fully saturated rings. The maximum Gasteiger partial charge on any atom is 0.289 e. The van der Waals surface area contributed by atoms with Gasteiger partial charge < -0.3 is 24.4 Å². The van der Waals surface area contributed by atoms with Crippen molar-refractivity contribution >= 4 is 17.5 Å². The third kappa shape index (κ3) is 4.48. The molecule has 1 amide bonds. The van der Waals surface area contributed by atoms with Crippen molar-refractivity contribution in [3.8, 4) is 0 Å². The highest BCUT2D eigenvalue weighted by Gasteiger charge is 2.24. The zero-order chi connectivity index (χ0) is 17.6. The molecule has 1 N–H and O–H groups in total. The van der Waals surface area contributed by atoms with Crippen molar-refractivity contribution in [3.63, 3.8) is 0 Å². The first kappa shape index (κ1) is 17.2. The molecule has 0 unspecified atom stereocenters. The summed E-state index contributed by atoms with van der Waals surface area (Å²) in [5, 5.41) is 3.30. The monoisotopic (exact) mass is 344 g/mol. The summed E-state index contributed by atoms with van der Waals surface area (Å²) in [5.41, 5.74) is 0. The number of aromatic nitrogens is 2. The number of furan rings is 1. The number of nitrogens with one attached hydrogen (secondary N) is 1. The molecule has 0 saturated carbocycles. The summed E-state index contributed by atoms with van der Waals surface area (Å²) in [5.74, 6) is 2.04. The maximum absolute atomic E-state index is 12.3. The zero-order valence-corrected chi connectivity index (χ0v) is 14.7. The fraction of sp³-hybridized carbons (Fsp3) is 0.471. The van der Waals surface area contributed by atoms with Crippen molar-refractivity contribution < 1.29 is 9.21 Å². The second-order valence-electron chi connectivity index (χ2n) is 6.25. The molecule has 0 radical (unpaired) electrons. The second kappa shape index (κ2) is 7.98. The van der Waals surface area contributed by atoms with Gasteiger partial charge in [-0.05, 0) is 26.2 Å². The summed E-state index contributed by atoms with van der Waals surface area (Å²) >= 11 is 0. The number of amides is 1. The van der Waals surface area contributed by atoms with E-state index in [4.69, 9.17) is 4.42 Å². The lowest BCUT2D eigenvalue weighted by atomic mass is 10.3. The SMILES string of the molecule is CN(C)CCNc1cc(N2CCN(C(=O)c3ccco3)CC2)ncn1. The predicted octanol–water partition coefficient (Wildman–Crippen LogP) is 1.01. The van der Waals surface area contributed by atoms with Crippen LogP contribution in [0, 0.1) is 0 Å². The molecule has 8 heteroatoms. The minimum atomic E-state index is -0.0571. The minimum absolute atomic E-state index is 0.0571. The Morgan fingerprint density at radius 1 is 1.28 bits per heavy atom. The Morgan fingerprint density at radius 2 is 2.08 bits per heavy atom. The molecular weight excluding hydrogens is 320 g/mol. The molecule has 0 bridgehead atoms. The van der Waals surface area contributed by atoms with Crippen molar-refractivity contribution in [2.24, 2.45) is 0 Å². The number of carbonyl (C=O) groups excluding carboxylic acids is 1. The largest absolute Gasteiger partial charge is 0.459 e. The number of piperazine rings is 1. The molecular formula is C17H24N6O2. The van der Waals surface area contributed by atoms with Gasteiger partial charge >= 0.3 is 0 Å². The van der Waals surface area contributed by atoms with Crippen LogP contribution in [0.4, 0.5) is 11.6 Å². The van der Waals surface area contributed by atoms with Crippen molar-refractivity contribution in [3.05, 3.63) is 36.5 Å². The molecule has 134 valence electrons. The number of anilines is 2. The Kier molecular flexibility index (Phi) is 5.49. The quantitative estimate of drug-likeness (QED) is 0.838. The smallest absolute Gasteiger partial charge is 0.289 e. The molecule has 0 atom stereocenters. The molecule has 2 aromatic heterocycles. The van der Waals surface area contributed by atoms with Crippen molar-refractivity contribution in [2.75, 3.05) is 63.6 Å². The fourth-order valence-electron chi connectivity index (χ4n) is 2.72. The molecule has 1 saturated heterocycles. The summed E-state index contributed by atoms with van der Waals surface area (Å²) in [6.07, 6.45) is 3.10. The Hall–Kier alpha value is -2.61. The number of likely N-dealkylation sites (N-methyl/N-ethyl adjacent to an activating group) is 1. The lowest BCUT2D eigenvalue weighted by Gasteiger charge is -2.35. The predicted molar refractivity (Wildman–Crippen MR) is 95.9 cm³/mol. The highest BCUT2D eigenvalue weighted by molar-refractivity contribution is 5.91. The van der Waals surface area contributed by atoms with Gasteiger partial charge in [0.25, 0.3) is 5.91 Å². The van der Waals surface area contributed by atoms with E-state index in [0.717, 1.165) is 37.8 Å². The van der Waals surface area contributed by atoms with Gasteiger partial charge in [-0.1, -0.05) is 0 Å². The molecule has 0 spiro atoms. The van der Waals surface area contributed by atoms with Crippen LogP contribution in [0.3, 0.4) is 0 Å². The highest BCUT2D eigenvalue weighted by atomic mass is 16.3. The molecule has 3 rings (SSSR count). The van der Waals surface area contributed by atoms with Crippen molar-refractivity contribution in [1.29, 1.82) is 0 Å². The van der Waals surface area contributed by atoms with Crippen LogP contribution in [0.5, 0.6) is 0 Å². The van der Waals surface area contributed by atoms with Gasteiger partial charge in [-0.15, -0.1) is 0 Å². The first-order valence-electron chi connectivity index (χ1n) is 8.42. The number of rotatable bonds is 6. The zero-order valence-electron chi connectivity index (χ0n) is 14.7. The van der Waals surface area contributed by atoms with Gasteiger partial charge in [0.2, 0.25) is 0 Å². The summed E-state index contributed by atoms with van der Waals surface area (Å²) in [6.45, 7) is 4.53. The van der Waals surface area contributed by atoms with Gasteiger partial charge in [-0.3, -0.25) is 4.79 Å². The summed E-state index contributed by atoms with van der Waals surface area (Å²) in [6, 6.07) is 5.39. The van der Waals surface area contributed by atoms with Gasteiger partial charge in [0.1, 0.15) is 18.0 Å². The van der Waals surface area contributed by atoms with Crippen molar-refractivity contribution in [1.82, 2.24) is 19.8 Å². The number of carbonyl (C=O) groups is 1. The van der Waals surface area contributed by atoms with Gasteiger partial charge in [0, 0.05) is 45.3 Å². The molecule has 25 heavy (non-hydrogen) atoms. The van der Waals surface area contributed by atoms with E-state index in [1.54, 1.807) is 18.5 Å². The lowest BCUT2D eigenvalue weighted by molar-refractivity contribution is 0.0714. The summed E-state index contributed by atoms with van der Waals surface area (Å²) < 4.78 is 5.19.